The van der Waals surface area contributed by atoms with Crippen molar-refractivity contribution in [1.82, 2.24) is 9.80 Å². The van der Waals surface area contributed by atoms with Crippen molar-refractivity contribution in [3.63, 3.8) is 0 Å². The number of amides is 1. The van der Waals surface area contributed by atoms with E-state index in [4.69, 9.17) is 0 Å². The molecule has 1 N–H and O–H groups in total. The fraction of sp³-hybridized carbons (Fsp3) is 0.562. The predicted molar refractivity (Wildman–Crippen MR) is 77.5 cm³/mol. The average molecular weight is 274 g/mol. The normalized spacial score (nSPS) is 24.2. The Morgan fingerprint density at radius 3 is 2.35 bits per heavy atom. The van der Waals surface area contributed by atoms with E-state index in [9.17, 15) is 9.90 Å². The molecule has 108 valence electrons. The Kier molecular flexibility index (Phi) is 3.30. The Labute approximate surface area is 120 Å². The van der Waals surface area contributed by atoms with Crippen LogP contribution in [-0.2, 0) is 17.6 Å². The number of nitrogens with zero attached hydrogens (tertiary/aromatic N) is 2. The minimum absolute atomic E-state index is 0.162. The molecule has 1 saturated heterocycles. The first kappa shape index (κ1) is 13.6. The van der Waals surface area contributed by atoms with E-state index in [1.165, 1.54) is 11.1 Å². The first-order chi connectivity index (χ1) is 9.53. The van der Waals surface area contributed by atoms with E-state index in [1.807, 2.05) is 31.1 Å². The summed E-state index contributed by atoms with van der Waals surface area (Å²) in [5.74, 6) is 0.162. The predicted octanol–water partition coefficient (Wildman–Crippen LogP) is 0.679. The fourth-order valence-corrected chi connectivity index (χ4v) is 3.47. The number of likely N-dealkylation sites (N-methyl/N-ethyl adjacent to an activating group) is 1. The molecule has 1 heterocycles. The molecule has 1 aliphatic heterocycles. The third-order valence-electron chi connectivity index (χ3n) is 4.79. The number of hydrogen-bond donors (Lipinski definition) is 1. The van der Waals surface area contributed by atoms with Gasteiger partial charge in [-0.1, -0.05) is 24.3 Å². The average Bonchev–Trinajstić information content (AvgIpc) is 3.01. The van der Waals surface area contributed by atoms with E-state index in [0.717, 1.165) is 12.8 Å². The smallest absolute Gasteiger partial charge is 0.243 e. The van der Waals surface area contributed by atoms with Gasteiger partial charge in [-0.3, -0.25) is 9.69 Å². The van der Waals surface area contributed by atoms with E-state index < -0.39 is 5.54 Å². The number of aliphatic hydroxyl groups excluding tert-OH is 1. The van der Waals surface area contributed by atoms with Crippen molar-refractivity contribution >= 4 is 5.91 Å². The largest absolute Gasteiger partial charge is 0.391 e. The van der Waals surface area contributed by atoms with Gasteiger partial charge in [0.15, 0.2) is 0 Å². The lowest BCUT2D eigenvalue weighted by molar-refractivity contribution is -0.142. The highest BCUT2D eigenvalue weighted by atomic mass is 16.3. The van der Waals surface area contributed by atoms with Gasteiger partial charge in [0.1, 0.15) is 5.54 Å². The second-order valence-corrected chi connectivity index (χ2v) is 6.24. The SMILES string of the molecule is CN(C)C1(C(=O)N2CC[C@H](O)C2)Cc2ccccc2C1. The molecule has 2 aliphatic rings. The van der Waals surface area contributed by atoms with Crippen LogP contribution in [0.1, 0.15) is 17.5 Å². The molecule has 4 nitrogen and oxygen atoms in total. The zero-order valence-electron chi connectivity index (χ0n) is 12.2. The van der Waals surface area contributed by atoms with Crippen molar-refractivity contribution < 1.29 is 9.90 Å². The molecule has 3 rings (SSSR count). The van der Waals surface area contributed by atoms with Gasteiger partial charge in [-0.05, 0) is 31.6 Å². The summed E-state index contributed by atoms with van der Waals surface area (Å²) < 4.78 is 0. The van der Waals surface area contributed by atoms with Crippen molar-refractivity contribution in [2.24, 2.45) is 0 Å². The van der Waals surface area contributed by atoms with Gasteiger partial charge in [0, 0.05) is 25.9 Å². The molecule has 4 heteroatoms. The highest BCUT2D eigenvalue weighted by molar-refractivity contribution is 5.88. The van der Waals surface area contributed by atoms with E-state index in [1.54, 1.807) is 0 Å². The number of carbonyl (C=O) groups excluding carboxylic acids is 1. The van der Waals surface area contributed by atoms with Gasteiger partial charge >= 0.3 is 0 Å². The van der Waals surface area contributed by atoms with Crippen LogP contribution in [0.5, 0.6) is 0 Å². The molecule has 1 atom stereocenters. The first-order valence-electron chi connectivity index (χ1n) is 7.24. The van der Waals surface area contributed by atoms with Gasteiger partial charge < -0.3 is 10.0 Å². The molecule has 1 aromatic rings. The van der Waals surface area contributed by atoms with Crippen molar-refractivity contribution in [1.29, 1.82) is 0 Å². The monoisotopic (exact) mass is 274 g/mol. The third-order valence-corrected chi connectivity index (χ3v) is 4.79. The molecule has 1 aliphatic carbocycles. The number of fused-ring (bicyclic) bond motifs is 1. The zero-order chi connectivity index (χ0) is 14.3. The van der Waals surface area contributed by atoms with E-state index in [2.05, 4.69) is 17.0 Å². The quantitative estimate of drug-likeness (QED) is 0.862. The standard InChI is InChI=1S/C16H22N2O2/c1-17(2)16(15(20)18-8-7-14(19)11-18)9-12-5-3-4-6-13(12)10-16/h3-6,14,19H,7-11H2,1-2H3/t14-/m0/s1. The van der Waals surface area contributed by atoms with Crippen LogP contribution in [0.15, 0.2) is 24.3 Å². The lowest BCUT2D eigenvalue weighted by Gasteiger charge is -2.37. The van der Waals surface area contributed by atoms with E-state index in [-0.39, 0.29) is 12.0 Å². The number of hydrogen-bond acceptors (Lipinski definition) is 3. The Bertz CT molecular complexity index is 502. The Balaban J connectivity index is 1.89. The maximum absolute atomic E-state index is 13.0. The second-order valence-electron chi connectivity index (χ2n) is 6.24. The maximum Gasteiger partial charge on any atom is 0.243 e. The summed E-state index contributed by atoms with van der Waals surface area (Å²) >= 11 is 0. The molecule has 0 spiro atoms. The van der Waals surface area contributed by atoms with Crippen molar-refractivity contribution in [2.45, 2.75) is 30.9 Å². The van der Waals surface area contributed by atoms with E-state index in [0.29, 0.717) is 19.5 Å². The summed E-state index contributed by atoms with van der Waals surface area (Å²) in [6.45, 7) is 1.15. The summed E-state index contributed by atoms with van der Waals surface area (Å²) in [6, 6.07) is 8.31. The second kappa shape index (κ2) is 4.86. The molecule has 0 saturated carbocycles. The number of β-amino-alcohol motifs (C(OH)–C–C–N with tert-alkyl or cyclic N) is 1. The summed E-state index contributed by atoms with van der Waals surface area (Å²) in [4.78, 5) is 16.9. The molecule has 0 bridgehead atoms. The van der Waals surface area contributed by atoms with Gasteiger partial charge in [0.2, 0.25) is 5.91 Å². The van der Waals surface area contributed by atoms with Crippen molar-refractivity contribution in [2.75, 3.05) is 27.2 Å². The lowest BCUT2D eigenvalue weighted by Crippen LogP contribution is -2.57. The number of rotatable bonds is 2. The molecule has 1 aromatic carbocycles. The molecule has 1 amide bonds. The van der Waals surface area contributed by atoms with Crippen LogP contribution in [0.3, 0.4) is 0 Å². The molecule has 20 heavy (non-hydrogen) atoms. The summed E-state index contributed by atoms with van der Waals surface area (Å²) in [5, 5.41) is 9.68. The number of benzene rings is 1. The molecule has 0 aromatic heterocycles. The molecule has 0 unspecified atom stereocenters. The maximum atomic E-state index is 13.0. The minimum atomic E-state index is -0.478. The zero-order valence-corrected chi connectivity index (χ0v) is 12.2. The summed E-state index contributed by atoms with van der Waals surface area (Å²) in [5.41, 5.74) is 2.07. The Morgan fingerprint density at radius 1 is 1.30 bits per heavy atom. The van der Waals surface area contributed by atoms with Crippen LogP contribution in [0.4, 0.5) is 0 Å². The summed E-state index contributed by atoms with van der Waals surface area (Å²) in [7, 11) is 3.96. The molecular formula is C16H22N2O2. The van der Waals surface area contributed by atoms with Crippen molar-refractivity contribution in [3.8, 4) is 0 Å². The summed E-state index contributed by atoms with van der Waals surface area (Å²) in [6.07, 6.45) is 1.87. The molecule has 1 fully saturated rings. The number of aliphatic hydroxyl groups is 1. The van der Waals surface area contributed by atoms with Crippen LogP contribution >= 0.6 is 0 Å². The van der Waals surface area contributed by atoms with Crippen LogP contribution in [0, 0.1) is 0 Å². The van der Waals surface area contributed by atoms with Gasteiger partial charge in [-0.15, -0.1) is 0 Å². The third kappa shape index (κ3) is 2.03. The van der Waals surface area contributed by atoms with Crippen LogP contribution in [-0.4, -0.2) is 59.6 Å². The lowest BCUT2D eigenvalue weighted by atomic mass is 9.92. The molecule has 0 radical (unpaired) electrons. The van der Waals surface area contributed by atoms with Gasteiger partial charge in [0.05, 0.1) is 6.10 Å². The first-order valence-corrected chi connectivity index (χ1v) is 7.24. The fourth-order valence-electron chi connectivity index (χ4n) is 3.47. The number of carbonyl (C=O) groups is 1. The Hall–Kier alpha value is -1.39. The van der Waals surface area contributed by atoms with Crippen LogP contribution < -0.4 is 0 Å². The Morgan fingerprint density at radius 2 is 1.90 bits per heavy atom. The van der Waals surface area contributed by atoms with E-state index >= 15 is 0 Å². The molecular weight excluding hydrogens is 252 g/mol. The van der Waals surface area contributed by atoms with Gasteiger partial charge in [0.25, 0.3) is 0 Å². The topological polar surface area (TPSA) is 43.8 Å². The van der Waals surface area contributed by atoms with Crippen molar-refractivity contribution in [3.05, 3.63) is 35.4 Å². The highest BCUT2D eigenvalue weighted by Crippen LogP contribution is 2.35. The number of likely N-dealkylation sites (tertiary alicyclic amines) is 1. The minimum Gasteiger partial charge on any atom is -0.391 e. The van der Waals surface area contributed by atoms with Crippen LogP contribution in [0.25, 0.3) is 0 Å². The van der Waals surface area contributed by atoms with Gasteiger partial charge in [-0.25, -0.2) is 0 Å². The van der Waals surface area contributed by atoms with Crippen LogP contribution in [0.2, 0.25) is 0 Å². The highest BCUT2D eigenvalue weighted by Gasteiger charge is 2.48. The van der Waals surface area contributed by atoms with Gasteiger partial charge in [-0.2, -0.15) is 0 Å².